The Morgan fingerprint density at radius 1 is 1.26 bits per heavy atom. The van der Waals surface area contributed by atoms with Gasteiger partial charge in [0.05, 0.1) is 4.90 Å². The number of sulfonamides is 1. The lowest BCUT2D eigenvalue weighted by molar-refractivity contribution is 0.0948. The van der Waals surface area contributed by atoms with Crippen LogP contribution in [-0.4, -0.2) is 18.9 Å². The fourth-order valence-corrected chi connectivity index (χ4v) is 4.39. The van der Waals surface area contributed by atoms with Crippen molar-refractivity contribution in [3.63, 3.8) is 0 Å². The summed E-state index contributed by atoms with van der Waals surface area (Å²) in [5, 5.41) is 0. The van der Waals surface area contributed by atoms with Gasteiger partial charge >= 0.3 is 0 Å². The molecule has 0 saturated heterocycles. The first-order valence-electron chi connectivity index (χ1n) is 6.69. The first-order valence-corrected chi connectivity index (χ1v) is 9.40. The molecule has 0 bridgehead atoms. The maximum absolute atomic E-state index is 12.3. The lowest BCUT2D eigenvalue weighted by atomic mass is 10.2. The molecule has 0 unspecified atom stereocenters. The summed E-state index contributed by atoms with van der Waals surface area (Å²) in [6.07, 6.45) is 0. The molecule has 1 aromatic carbocycles. The molecule has 0 radical (unpaired) electrons. The van der Waals surface area contributed by atoms with Crippen molar-refractivity contribution >= 4 is 39.5 Å². The summed E-state index contributed by atoms with van der Waals surface area (Å²) >= 11 is 6.24. The fourth-order valence-electron chi connectivity index (χ4n) is 1.95. The van der Waals surface area contributed by atoms with E-state index in [1.54, 1.807) is 44.5 Å². The van der Waals surface area contributed by atoms with Crippen LogP contribution < -0.4 is 10.3 Å². The van der Waals surface area contributed by atoms with Gasteiger partial charge in [-0.3, -0.25) is 10.2 Å². The van der Waals surface area contributed by atoms with Crippen LogP contribution in [0.15, 0.2) is 23.1 Å². The van der Waals surface area contributed by atoms with Crippen molar-refractivity contribution in [2.75, 3.05) is 0 Å². The van der Waals surface area contributed by atoms with Crippen LogP contribution in [0.4, 0.5) is 0 Å². The number of aromatic nitrogens is 1. The maximum Gasteiger partial charge on any atom is 0.278 e. The summed E-state index contributed by atoms with van der Waals surface area (Å²) < 4.78 is 26.9. The second-order valence-electron chi connectivity index (χ2n) is 5.17. The molecule has 0 atom stereocenters. The quantitative estimate of drug-likeness (QED) is 0.639. The SMILES string of the molecule is Cc1ccc(C)c(S(=O)(=O)NNC(=O)c2sc(=S)n(C)c2C)c1. The minimum atomic E-state index is -3.84. The summed E-state index contributed by atoms with van der Waals surface area (Å²) in [7, 11) is -2.09. The highest BCUT2D eigenvalue weighted by Crippen LogP contribution is 2.18. The molecule has 2 aromatic rings. The van der Waals surface area contributed by atoms with Gasteiger partial charge in [0, 0.05) is 12.7 Å². The number of benzene rings is 1. The largest absolute Gasteiger partial charge is 0.330 e. The molecule has 0 aliphatic heterocycles. The van der Waals surface area contributed by atoms with Gasteiger partial charge in [-0.1, -0.05) is 23.5 Å². The topological polar surface area (TPSA) is 80.2 Å². The molecule has 1 aromatic heterocycles. The minimum Gasteiger partial charge on any atom is -0.330 e. The number of thiazole rings is 1. The Morgan fingerprint density at radius 3 is 2.48 bits per heavy atom. The molecule has 0 spiro atoms. The smallest absolute Gasteiger partial charge is 0.278 e. The molecule has 2 N–H and O–H groups in total. The van der Waals surface area contributed by atoms with Crippen LogP contribution in [0.1, 0.15) is 26.5 Å². The second-order valence-corrected chi connectivity index (χ2v) is 8.47. The van der Waals surface area contributed by atoms with Gasteiger partial charge in [0.1, 0.15) is 4.88 Å². The zero-order chi connectivity index (χ0) is 17.4. The van der Waals surface area contributed by atoms with Gasteiger partial charge in [-0.05, 0) is 50.2 Å². The van der Waals surface area contributed by atoms with E-state index >= 15 is 0 Å². The van der Waals surface area contributed by atoms with E-state index < -0.39 is 15.9 Å². The van der Waals surface area contributed by atoms with Crippen LogP contribution in [0.25, 0.3) is 0 Å². The van der Waals surface area contributed by atoms with Crippen molar-refractivity contribution in [2.45, 2.75) is 25.7 Å². The van der Waals surface area contributed by atoms with E-state index in [0.717, 1.165) is 16.9 Å². The average Bonchev–Trinajstić information content (AvgIpc) is 2.75. The molecule has 0 aliphatic carbocycles. The van der Waals surface area contributed by atoms with Crippen molar-refractivity contribution in [3.05, 3.63) is 43.9 Å². The highest BCUT2D eigenvalue weighted by molar-refractivity contribution is 7.89. The van der Waals surface area contributed by atoms with Gasteiger partial charge in [-0.15, -0.1) is 4.83 Å². The molecule has 1 amide bonds. The Morgan fingerprint density at radius 2 is 1.91 bits per heavy atom. The van der Waals surface area contributed by atoms with Crippen LogP contribution in [0.3, 0.4) is 0 Å². The van der Waals surface area contributed by atoms with Crippen LogP contribution in [0.5, 0.6) is 0 Å². The molecule has 124 valence electrons. The molecule has 0 fully saturated rings. The third-order valence-electron chi connectivity index (χ3n) is 3.43. The molecule has 23 heavy (non-hydrogen) atoms. The number of hydrogen-bond donors (Lipinski definition) is 2. The van der Waals surface area contributed by atoms with Gasteiger partial charge in [-0.2, -0.15) is 0 Å². The first kappa shape index (κ1) is 17.8. The van der Waals surface area contributed by atoms with Crippen LogP contribution in [0, 0.1) is 24.7 Å². The molecular formula is C14H17N3O3S3. The Labute approximate surface area is 144 Å². The fraction of sp³-hybridized carbons (Fsp3) is 0.286. The first-order chi connectivity index (χ1) is 10.6. The standard InChI is InChI=1S/C14H17N3O3S3/c1-8-5-6-9(2)11(7-8)23(19,20)16-15-13(18)12-10(3)17(4)14(21)22-12/h5-7,16H,1-4H3,(H,15,18). The van der Waals surface area contributed by atoms with Crippen molar-refractivity contribution in [1.29, 1.82) is 0 Å². The number of amides is 1. The lowest BCUT2D eigenvalue weighted by Crippen LogP contribution is -2.41. The molecule has 0 saturated carbocycles. The summed E-state index contributed by atoms with van der Waals surface area (Å²) in [5.41, 5.74) is 4.34. The van der Waals surface area contributed by atoms with E-state index in [0.29, 0.717) is 20.1 Å². The minimum absolute atomic E-state index is 0.134. The Bertz CT molecular complexity index is 926. The molecule has 0 aliphatic rings. The highest BCUT2D eigenvalue weighted by Gasteiger charge is 2.20. The number of rotatable bonds is 4. The third kappa shape index (κ3) is 3.69. The third-order valence-corrected chi connectivity index (χ3v) is 6.48. The van der Waals surface area contributed by atoms with E-state index in [1.807, 2.05) is 6.07 Å². The molecule has 2 rings (SSSR count). The maximum atomic E-state index is 12.3. The van der Waals surface area contributed by atoms with Crippen molar-refractivity contribution in [2.24, 2.45) is 7.05 Å². The summed E-state index contributed by atoms with van der Waals surface area (Å²) in [4.78, 5) is 14.8. The number of hydrogen-bond acceptors (Lipinski definition) is 5. The Kier molecular flexibility index (Phi) is 5.04. The van der Waals surface area contributed by atoms with E-state index in [1.165, 1.54) is 0 Å². The molecule has 1 heterocycles. The van der Waals surface area contributed by atoms with Gasteiger partial charge in [0.2, 0.25) is 0 Å². The van der Waals surface area contributed by atoms with Gasteiger partial charge in [0.25, 0.3) is 15.9 Å². The van der Waals surface area contributed by atoms with Gasteiger partial charge in [-0.25, -0.2) is 8.42 Å². The number of carbonyl (C=O) groups is 1. The van der Waals surface area contributed by atoms with Crippen LogP contribution in [-0.2, 0) is 17.1 Å². The van der Waals surface area contributed by atoms with Crippen LogP contribution >= 0.6 is 23.6 Å². The molecule has 9 heteroatoms. The number of nitrogens with one attached hydrogen (secondary N) is 2. The zero-order valence-corrected chi connectivity index (χ0v) is 15.6. The van der Waals surface area contributed by atoms with Crippen molar-refractivity contribution in [3.8, 4) is 0 Å². The average molecular weight is 372 g/mol. The lowest BCUT2D eigenvalue weighted by Gasteiger charge is -2.11. The predicted octanol–water partition coefficient (Wildman–Crippen LogP) is 2.36. The second kappa shape index (κ2) is 6.52. The van der Waals surface area contributed by atoms with E-state index in [2.05, 4.69) is 10.3 Å². The van der Waals surface area contributed by atoms with E-state index in [4.69, 9.17) is 12.2 Å². The van der Waals surface area contributed by atoms with Crippen molar-refractivity contribution in [1.82, 2.24) is 14.8 Å². The number of aryl methyl sites for hydroxylation is 2. The number of carbonyl (C=O) groups excluding carboxylic acids is 1. The van der Waals surface area contributed by atoms with E-state index in [9.17, 15) is 13.2 Å². The summed E-state index contributed by atoms with van der Waals surface area (Å²) in [6.45, 7) is 5.25. The van der Waals surface area contributed by atoms with E-state index in [-0.39, 0.29) is 4.90 Å². The van der Waals surface area contributed by atoms with Gasteiger partial charge in [0.15, 0.2) is 3.95 Å². The number of nitrogens with zero attached hydrogens (tertiary/aromatic N) is 1. The Balaban J connectivity index is 2.22. The molecule has 6 nitrogen and oxygen atoms in total. The monoisotopic (exact) mass is 371 g/mol. The zero-order valence-electron chi connectivity index (χ0n) is 13.1. The predicted molar refractivity (Wildman–Crippen MR) is 92.6 cm³/mol. The summed E-state index contributed by atoms with van der Waals surface area (Å²) in [5.74, 6) is -0.534. The van der Waals surface area contributed by atoms with Crippen LogP contribution in [0.2, 0.25) is 0 Å². The van der Waals surface area contributed by atoms with Gasteiger partial charge < -0.3 is 4.57 Å². The molecular weight excluding hydrogens is 354 g/mol. The highest BCUT2D eigenvalue weighted by atomic mass is 32.2. The Hall–Kier alpha value is -1.55. The normalized spacial score (nSPS) is 11.5. The summed E-state index contributed by atoms with van der Waals surface area (Å²) in [6, 6.07) is 5.10. The number of hydrazine groups is 1. The van der Waals surface area contributed by atoms with Crippen molar-refractivity contribution < 1.29 is 13.2 Å².